The van der Waals surface area contributed by atoms with Crippen LogP contribution in [-0.4, -0.2) is 48.2 Å². The Bertz CT molecular complexity index is 464. The van der Waals surface area contributed by atoms with E-state index in [9.17, 15) is 14.4 Å². The van der Waals surface area contributed by atoms with Gasteiger partial charge in [0.25, 0.3) is 0 Å². The van der Waals surface area contributed by atoms with Gasteiger partial charge in [-0.25, -0.2) is 0 Å². The van der Waals surface area contributed by atoms with E-state index in [0.29, 0.717) is 19.3 Å². The van der Waals surface area contributed by atoms with Crippen molar-refractivity contribution in [2.45, 2.75) is 58.1 Å². The highest BCUT2D eigenvalue weighted by atomic mass is 16.5. The summed E-state index contributed by atoms with van der Waals surface area (Å²) < 4.78 is 5.21. The van der Waals surface area contributed by atoms with Crippen molar-refractivity contribution in [2.24, 2.45) is 5.92 Å². The quantitative estimate of drug-likeness (QED) is 0.515. The van der Waals surface area contributed by atoms with E-state index in [1.165, 1.54) is 0 Å². The van der Waals surface area contributed by atoms with Crippen molar-refractivity contribution in [2.75, 3.05) is 13.2 Å². The number of nitrogens with one attached hydrogen (secondary N) is 2. The van der Waals surface area contributed by atoms with Gasteiger partial charge in [-0.3, -0.25) is 14.4 Å². The zero-order chi connectivity index (χ0) is 17.9. The van der Waals surface area contributed by atoms with Crippen molar-refractivity contribution in [1.29, 1.82) is 0 Å². The number of hydrogen-bond donors (Lipinski definition) is 3. The maximum Gasteiger partial charge on any atom is 0.306 e. The lowest BCUT2D eigenvalue weighted by Crippen LogP contribution is -2.41. The van der Waals surface area contributed by atoms with Gasteiger partial charge in [-0.2, -0.15) is 0 Å². The van der Waals surface area contributed by atoms with Gasteiger partial charge in [0, 0.05) is 18.9 Å². The first-order valence-corrected chi connectivity index (χ1v) is 8.44. The lowest BCUT2D eigenvalue weighted by atomic mass is 9.98. The molecule has 2 amide bonds. The Labute approximate surface area is 142 Å². The molecular weight excluding hydrogens is 312 g/mol. The van der Waals surface area contributed by atoms with Crippen LogP contribution in [0.2, 0.25) is 0 Å². The van der Waals surface area contributed by atoms with Crippen LogP contribution in [0.1, 0.15) is 46.0 Å². The van der Waals surface area contributed by atoms with Gasteiger partial charge in [0.05, 0.1) is 19.1 Å². The molecule has 0 unspecified atom stereocenters. The standard InChI is InChI=1S/C17H28N2O5/c1-12(11-20)19-15(21)9-14-7-5-3-4-6-8-16(22)24-13(2)10-18-17(14)23/h3,5,12-14,20H,4,6-11H2,1-2H3,(H,18,23)(H,19,21)/t12-,13-,14+/m0/s1. The highest BCUT2D eigenvalue weighted by Crippen LogP contribution is 2.12. The number of carbonyl (C=O) groups is 3. The van der Waals surface area contributed by atoms with Gasteiger partial charge < -0.3 is 20.5 Å². The molecule has 1 aliphatic rings. The third-order valence-electron chi connectivity index (χ3n) is 3.72. The number of ether oxygens (including phenoxy) is 1. The number of rotatable bonds is 4. The molecular formula is C17H28N2O5. The van der Waals surface area contributed by atoms with Gasteiger partial charge in [0.1, 0.15) is 6.10 Å². The molecule has 0 fully saturated rings. The van der Waals surface area contributed by atoms with Gasteiger partial charge in [-0.05, 0) is 33.1 Å². The average molecular weight is 340 g/mol. The van der Waals surface area contributed by atoms with Crippen LogP contribution < -0.4 is 10.6 Å². The van der Waals surface area contributed by atoms with E-state index >= 15 is 0 Å². The summed E-state index contributed by atoms with van der Waals surface area (Å²) in [6.45, 7) is 3.49. The second-order valence-electron chi connectivity index (χ2n) is 6.20. The van der Waals surface area contributed by atoms with E-state index < -0.39 is 12.0 Å². The summed E-state index contributed by atoms with van der Waals surface area (Å²) in [6, 6.07) is -0.342. The Morgan fingerprint density at radius 2 is 2.21 bits per heavy atom. The van der Waals surface area contributed by atoms with Crippen LogP contribution in [0.5, 0.6) is 0 Å². The third kappa shape index (κ3) is 8.10. The van der Waals surface area contributed by atoms with Gasteiger partial charge in [-0.15, -0.1) is 0 Å². The summed E-state index contributed by atoms with van der Waals surface area (Å²) in [5, 5.41) is 14.4. The van der Waals surface area contributed by atoms with Crippen LogP contribution in [-0.2, 0) is 19.1 Å². The first-order chi connectivity index (χ1) is 11.4. The SMILES string of the molecule is C[C@@H](CO)NC(=O)C[C@H]1CC=CCCCC(=O)O[C@@H](C)CNC1=O. The second-order valence-corrected chi connectivity index (χ2v) is 6.20. The molecule has 1 heterocycles. The summed E-state index contributed by atoms with van der Waals surface area (Å²) in [5.41, 5.74) is 0. The maximum atomic E-state index is 12.3. The molecule has 3 N–H and O–H groups in total. The third-order valence-corrected chi connectivity index (χ3v) is 3.72. The number of hydrogen-bond acceptors (Lipinski definition) is 5. The molecule has 0 saturated heterocycles. The van der Waals surface area contributed by atoms with Crippen LogP contribution in [0.3, 0.4) is 0 Å². The molecule has 1 rings (SSSR count). The van der Waals surface area contributed by atoms with Gasteiger partial charge in [-0.1, -0.05) is 12.2 Å². The number of esters is 1. The number of carbonyl (C=O) groups excluding carboxylic acids is 3. The van der Waals surface area contributed by atoms with E-state index in [4.69, 9.17) is 9.84 Å². The maximum absolute atomic E-state index is 12.3. The van der Waals surface area contributed by atoms with E-state index in [2.05, 4.69) is 10.6 Å². The lowest BCUT2D eigenvalue weighted by Gasteiger charge is -2.19. The van der Waals surface area contributed by atoms with Crippen LogP contribution in [0.25, 0.3) is 0 Å². The van der Waals surface area contributed by atoms with E-state index in [0.717, 1.165) is 6.42 Å². The molecule has 24 heavy (non-hydrogen) atoms. The predicted octanol–water partition coefficient (Wildman–Crippen LogP) is 0.668. The molecule has 0 bridgehead atoms. The Kier molecular flexibility index (Phi) is 9.07. The van der Waals surface area contributed by atoms with Crippen molar-refractivity contribution in [1.82, 2.24) is 10.6 Å². The van der Waals surface area contributed by atoms with E-state index in [1.807, 2.05) is 12.2 Å². The highest BCUT2D eigenvalue weighted by Gasteiger charge is 2.22. The molecule has 0 aromatic rings. The minimum atomic E-state index is -0.490. The smallest absolute Gasteiger partial charge is 0.306 e. The predicted molar refractivity (Wildman–Crippen MR) is 89.0 cm³/mol. The molecule has 0 aromatic heterocycles. The highest BCUT2D eigenvalue weighted by molar-refractivity contribution is 5.86. The molecule has 1 aliphatic heterocycles. The number of aliphatic hydroxyl groups is 1. The van der Waals surface area contributed by atoms with Crippen molar-refractivity contribution < 1.29 is 24.2 Å². The first kappa shape index (κ1) is 20.2. The van der Waals surface area contributed by atoms with Gasteiger partial charge in [0.15, 0.2) is 0 Å². The average Bonchev–Trinajstić information content (AvgIpc) is 2.54. The summed E-state index contributed by atoms with van der Waals surface area (Å²) in [7, 11) is 0. The van der Waals surface area contributed by atoms with Crippen molar-refractivity contribution >= 4 is 17.8 Å². The molecule has 136 valence electrons. The molecule has 0 aliphatic carbocycles. The monoisotopic (exact) mass is 340 g/mol. The lowest BCUT2D eigenvalue weighted by molar-refractivity contribution is -0.148. The van der Waals surface area contributed by atoms with Gasteiger partial charge in [0.2, 0.25) is 11.8 Å². The normalized spacial score (nSPS) is 24.6. The minimum Gasteiger partial charge on any atom is -0.461 e. The Hall–Kier alpha value is -1.89. The largest absolute Gasteiger partial charge is 0.461 e. The molecule has 0 saturated carbocycles. The van der Waals surface area contributed by atoms with Crippen molar-refractivity contribution in [3.8, 4) is 0 Å². The summed E-state index contributed by atoms with van der Waals surface area (Å²) in [6.07, 6.45) is 5.67. The fourth-order valence-corrected chi connectivity index (χ4v) is 2.34. The molecule has 0 radical (unpaired) electrons. The number of cyclic esters (lactones) is 1. The summed E-state index contributed by atoms with van der Waals surface area (Å²) in [5.74, 6) is -1.27. The fourth-order valence-electron chi connectivity index (χ4n) is 2.34. The van der Waals surface area contributed by atoms with Crippen LogP contribution >= 0.6 is 0 Å². The van der Waals surface area contributed by atoms with Crippen LogP contribution in [0, 0.1) is 5.92 Å². The van der Waals surface area contributed by atoms with Crippen LogP contribution in [0.15, 0.2) is 12.2 Å². The van der Waals surface area contributed by atoms with Crippen LogP contribution in [0.4, 0.5) is 0 Å². The minimum absolute atomic E-state index is 0.0503. The molecule has 7 nitrogen and oxygen atoms in total. The number of amides is 2. The fraction of sp³-hybridized carbons (Fsp3) is 0.706. The Morgan fingerprint density at radius 1 is 1.46 bits per heavy atom. The van der Waals surface area contributed by atoms with E-state index in [1.54, 1.807) is 13.8 Å². The molecule has 0 aromatic carbocycles. The first-order valence-electron chi connectivity index (χ1n) is 8.44. The topological polar surface area (TPSA) is 105 Å². The molecule has 0 spiro atoms. The van der Waals surface area contributed by atoms with Crippen molar-refractivity contribution in [3.63, 3.8) is 0 Å². The molecule has 7 heteroatoms. The molecule has 3 atom stereocenters. The zero-order valence-electron chi connectivity index (χ0n) is 14.4. The van der Waals surface area contributed by atoms with Gasteiger partial charge >= 0.3 is 5.97 Å². The zero-order valence-corrected chi connectivity index (χ0v) is 14.4. The Balaban J connectivity index is 2.67. The summed E-state index contributed by atoms with van der Waals surface area (Å²) in [4.78, 5) is 35.9. The number of allylic oxidation sites excluding steroid dienone is 2. The van der Waals surface area contributed by atoms with Crippen molar-refractivity contribution in [3.05, 3.63) is 12.2 Å². The van der Waals surface area contributed by atoms with E-state index in [-0.39, 0.29) is 43.4 Å². The number of aliphatic hydroxyl groups excluding tert-OH is 1. The summed E-state index contributed by atoms with van der Waals surface area (Å²) >= 11 is 0. The Morgan fingerprint density at radius 3 is 2.92 bits per heavy atom. The second kappa shape index (κ2) is 10.8.